The molecular weight excluding hydrogens is 244 g/mol. The second-order valence-corrected chi connectivity index (χ2v) is 4.63. The highest BCUT2D eigenvalue weighted by atomic mass is 16.3. The fraction of sp³-hybridized carbons (Fsp3) is 0.429. The van der Waals surface area contributed by atoms with Gasteiger partial charge in [-0.15, -0.1) is 0 Å². The van der Waals surface area contributed by atoms with Gasteiger partial charge in [0, 0.05) is 13.0 Å². The fourth-order valence-corrected chi connectivity index (χ4v) is 2.20. The second-order valence-electron chi connectivity index (χ2n) is 4.63. The number of nitrogens with zero attached hydrogens (tertiary/aromatic N) is 1. The van der Waals surface area contributed by atoms with Gasteiger partial charge in [0.15, 0.2) is 0 Å². The van der Waals surface area contributed by atoms with Crippen LogP contribution in [0.4, 0.5) is 0 Å². The maximum atomic E-state index is 11.9. The minimum absolute atomic E-state index is 0.0235. The summed E-state index contributed by atoms with van der Waals surface area (Å²) >= 11 is 0. The first-order chi connectivity index (χ1) is 9.20. The Balaban J connectivity index is 1.91. The van der Waals surface area contributed by atoms with Gasteiger partial charge in [0.25, 0.3) is 0 Å². The molecule has 1 aliphatic heterocycles. The molecule has 102 valence electrons. The summed E-state index contributed by atoms with van der Waals surface area (Å²) in [5.74, 6) is -0.214. The Labute approximate surface area is 112 Å². The maximum Gasteiger partial charge on any atom is 0.240 e. The first kappa shape index (κ1) is 13.5. The molecule has 1 aliphatic rings. The van der Waals surface area contributed by atoms with Crippen LogP contribution in [0.15, 0.2) is 30.3 Å². The van der Waals surface area contributed by atoms with Gasteiger partial charge < -0.3 is 15.3 Å². The van der Waals surface area contributed by atoms with Crippen LogP contribution in [-0.4, -0.2) is 41.5 Å². The predicted molar refractivity (Wildman–Crippen MR) is 70.2 cm³/mol. The van der Waals surface area contributed by atoms with Crippen molar-refractivity contribution in [2.45, 2.75) is 18.9 Å². The molecule has 1 atom stereocenters. The van der Waals surface area contributed by atoms with Crippen LogP contribution in [0.2, 0.25) is 0 Å². The van der Waals surface area contributed by atoms with Crippen molar-refractivity contribution in [3.8, 4) is 0 Å². The highest BCUT2D eigenvalue weighted by molar-refractivity contribution is 5.86. The number of amides is 2. The molecule has 5 heteroatoms. The second kappa shape index (κ2) is 6.33. The van der Waals surface area contributed by atoms with E-state index >= 15 is 0 Å². The zero-order valence-electron chi connectivity index (χ0n) is 10.7. The van der Waals surface area contributed by atoms with Gasteiger partial charge in [0.05, 0.1) is 19.2 Å². The van der Waals surface area contributed by atoms with Crippen LogP contribution in [0.5, 0.6) is 0 Å². The monoisotopic (exact) mass is 262 g/mol. The number of aliphatic hydroxyl groups is 1. The van der Waals surface area contributed by atoms with Crippen molar-refractivity contribution in [1.82, 2.24) is 10.2 Å². The van der Waals surface area contributed by atoms with E-state index in [0.29, 0.717) is 13.0 Å². The lowest BCUT2D eigenvalue weighted by Crippen LogP contribution is -2.40. The highest BCUT2D eigenvalue weighted by Crippen LogP contribution is 2.12. The van der Waals surface area contributed by atoms with Crippen molar-refractivity contribution in [2.24, 2.45) is 0 Å². The van der Waals surface area contributed by atoms with Crippen molar-refractivity contribution in [3.63, 3.8) is 0 Å². The van der Waals surface area contributed by atoms with Crippen molar-refractivity contribution in [3.05, 3.63) is 35.9 Å². The minimum Gasteiger partial charge on any atom is -0.394 e. The number of carbonyl (C=O) groups excluding carboxylic acids is 2. The third-order valence-corrected chi connectivity index (χ3v) is 3.23. The summed E-state index contributed by atoms with van der Waals surface area (Å²) in [4.78, 5) is 24.9. The predicted octanol–water partition coefficient (Wildman–Crippen LogP) is 0.459. The van der Waals surface area contributed by atoms with Gasteiger partial charge in [0.2, 0.25) is 11.8 Å². The Kier molecular flexibility index (Phi) is 4.52. The number of carbonyl (C=O) groups is 2. The number of hydrogen-bond donors (Lipinski definition) is 2. The van der Waals surface area contributed by atoms with E-state index in [1.165, 1.54) is 0 Å². The lowest BCUT2D eigenvalue weighted by atomic mass is 10.1. The van der Waals surface area contributed by atoms with E-state index in [9.17, 15) is 14.7 Å². The van der Waals surface area contributed by atoms with Gasteiger partial charge in [-0.05, 0) is 12.0 Å². The van der Waals surface area contributed by atoms with E-state index in [1.54, 1.807) is 4.90 Å². The zero-order valence-corrected chi connectivity index (χ0v) is 10.7. The smallest absolute Gasteiger partial charge is 0.240 e. The number of benzene rings is 1. The van der Waals surface area contributed by atoms with Gasteiger partial charge >= 0.3 is 0 Å². The number of rotatable bonds is 5. The first-order valence-corrected chi connectivity index (χ1v) is 6.43. The molecule has 1 aromatic carbocycles. The van der Waals surface area contributed by atoms with Crippen molar-refractivity contribution in [2.75, 3.05) is 19.7 Å². The molecular formula is C14H18N2O3. The molecule has 0 aromatic heterocycles. The van der Waals surface area contributed by atoms with Gasteiger partial charge in [-0.3, -0.25) is 9.59 Å². The third kappa shape index (κ3) is 3.54. The summed E-state index contributed by atoms with van der Waals surface area (Å²) in [6.07, 6.45) is 1.34. The topological polar surface area (TPSA) is 69.6 Å². The number of aliphatic hydroxyl groups excluding tert-OH is 1. The van der Waals surface area contributed by atoms with Crippen molar-refractivity contribution >= 4 is 11.8 Å². The standard InChI is InChI=1S/C14H18N2O3/c17-10-12(11-5-2-1-3-6-11)15-13(18)9-16-8-4-7-14(16)19/h1-3,5-6,12,17H,4,7-10H2,(H,15,18). The maximum absolute atomic E-state index is 11.9. The summed E-state index contributed by atoms with van der Waals surface area (Å²) in [6.45, 7) is 0.549. The lowest BCUT2D eigenvalue weighted by Gasteiger charge is -2.20. The molecule has 0 bridgehead atoms. The Morgan fingerprint density at radius 1 is 1.37 bits per heavy atom. The zero-order chi connectivity index (χ0) is 13.7. The summed E-state index contributed by atoms with van der Waals surface area (Å²) in [5, 5.41) is 12.1. The SMILES string of the molecule is O=C(CN1CCCC1=O)NC(CO)c1ccccc1. The van der Waals surface area contributed by atoms with E-state index in [2.05, 4.69) is 5.32 Å². The van der Waals surface area contributed by atoms with Crippen LogP contribution in [0.3, 0.4) is 0 Å². The molecule has 1 heterocycles. The molecule has 2 N–H and O–H groups in total. The van der Waals surface area contributed by atoms with E-state index in [-0.39, 0.29) is 25.0 Å². The molecule has 1 fully saturated rings. The van der Waals surface area contributed by atoms with Gasteiger partial charge in [0.1, 0.15) is 0 Å². The molecule has 5 nitrogen and oxygen atoms in total. The van der Waals surface area contributed by atoms with E-state index in [0.717, 1.165) is 12.0 Å². The molecule has 1 saturated heterocycles. The molecule has 2 amide bonds. The normalized spacial score (nSPS) is 16.5. The van der Waals surface area contributed by atoms with Crippen molar-refractivity contribution in [1.29, 1.82) is 0 Å². The van der Waals surface area contributed by atoms with Crippen LogP contribution < -0.4 is 5.32 Å². The quantitative estimate of drug-likeness (QED) is 0.810. The summed E-state index contributed by atoms with van der Waals surface area (Å²) in [7, 11) is 0. The molecule has 2 rings (SSSR count). The van der Waals surface area contributed by atoms with E-state index in [1.807, 2.05) is 30.3 Å². The third-order valence-electron chi connectivity index (χ3n) is 3.23. The molecule has 0 saturated carbocycles. The van der Waals surface area contributed by atoms with Gasteiger partial charge in [-0.25, -0.2) is 0 Å². The molecule has 0 aliphatic carbocycles. The fourth-order valence-electron chi connectivity index (χ4n) is 2.20. The van der Waals surface area contributed by atoms with Crippen molar-refractivity contribution < 1.29 is 14.7 Å². The summed E-state index contributed by atoms with van der Waals surface area (Å²) in [5.41, 5.74) is 0.853. The Morgan fingerprint density at radius 3 is 2.68 bits per heavy atom. The molecule has 0 spiro atoms. The van der Waals surface area contributed by atoms with Crippen LogP contribution >= 0.6 is 0 Å². The average molecular weight is 262 g/mol. The van der Waals surface area contributed by atoms with Crippen LogP contribution in [0.25, 0.3) is 0 Å². The molecule has 1 unspecified atom stereocenters. The number of likely N-dealkylation sites (tertiary alicyclic amines) is 1. The van der Waals surface area contributed by atoms with E-state index < -0.39 is 6.04 Å². The van der Waals surface area contributed by atoms with Gasteiger partial charge in [-0.2, -0.15) is 0 Å². The van der Waals surface area contributed by atoms with E-state index in [4.69, 9.17) is 0 Å². The van der Waals surface area contributed by atoms with Crippen LogP contribution in [-0.2, 0) is 9.59 Å². The first-order valence-electron chi connectivity index (χ1n) is 6.43. The summed E-state index contributed by atoms with van der Waals surface area (Å²) in [6, 6.07) is 8.86. The Bertz CT molecular complexity index is 447. The Morgan fingerprint density at radius 2 is 2.11 bits per heavy atom. The lowest BCUT2D eigenvalue weighted by molar-refractivity contribution is -0.133. The average Bonchev–Trinajstić information content (AvgIpc) is 2.82. The molecule has 19 heavy (non-hydrogen) atoms. The van der Waals surface area contributed by atoms with Gasteiger partial charge in [-0.1, -0.05) is 30.3 Å². The minimum atomic E-state index is -0.425. The number of hydrogen-bond acceptors (Lipinski definition) is 3. The Hall–Kier alpha value is -1.88. The molecule has 1 aromatic rings. The summed E-state index contributed by atoms with van der Waals surface area (Å²) < 4.78 is 0. The van der Waals surface area contributed by atoms with Crippen LogP contribution in [0, 0.1) is 0 Å². The largest absolute Gasteiger partial charge is 0.394 e. The van der Waals surface area contributed by atoms with Crippen LogP contribution in [0.1, 0.15) is 24.4 Å². The molecule has 0 radical (unpaired) electrons. The number of nitrogens with one attached hydrogen (secondary N) is 1. The highest BCUT2D eigenvalue weighted by Gasteiger charge is 2.23.